The van der Waals surface area contributed by atoms with E-state index >= 15 is 0 Å². The van der Waals surface area contributed by atoms with Gasteiger partial charge in [-0.05, 0) is 37.7 Å². The lowest BCUT2D eigenvalue weighted by atomic mass is 9.88. The van der Waals surface area contributed by atoms with Gasteiger partial charge in [0.1, 0.15) is 0 Å². The van der Waals surface area contributed by atoms with Gasteiger partial charge in [0, 0.05) is 18.7 Å². The summed E-state index contributed by atoms with van der Waals surface area (Å²) in [5.41, 5.74) is 6.87. The van der Waals surface area contributed by atoms with E-state index in [2.05, 4.69) is 34.8 Å². The molecular weight excluding hydrogens is 278 g/mol. The number of ether oxygens (including phenoxy) is 1. The number of hydrazone groups is 1. The summed E-state index contributed by atoms with van der Waals surface area (Å²) in [6.45, 7) is 4.66. The second-order valence-corrected chi connectivity index (χ2v) is 5.88. The maximum Gasteiger partial charge on any atom is 0.409 e. The lowest BCUT2D eigenvalue weighted by Gasteiger charge is -2.32. The Labute approximate surface area is 131 Å². The van der Waals surface area contributed by atoms with Crippen molar-refractivity contribution in [3.63, 3.8) is 0 Å². The summed E-state index contributed by atoms with van der Waals surface area (Å²) in [7, 11) is 0. The van der Waals surface area contributed by atoms with Crippen LogP contribution in [0.3, 0.4) is 0 Å². The minimum atomic E-state index is -0.178. The fourth-order valence-corrected chi connectivity index (χ4v) is 3.20. The number of nitrogens with zero attached hydrogens (tertiary/aromatic N) is 2. The fourth-order valence-electron chi connectivity index (χ4n) is 3.20. The number of carbonyl (C=O) groups is 1. The summed E-state index contributed by atoms with van der Waals surface area (Å²) in [6, 6.07) is 8.45. The molecule has 1 saturated heterocycles. The van der Waals surface area contributed by atoms with Crippen molar-refractivity contribution in [3.8, 4) is 0 Å². The van der Waals surface area contributed by atoms with E-state index in [0.717, 1.165) is 44.6 Å². The maximum absolute atomic E-state index is 11.7. The number of nitrogens with one attached hydrogen (secondary N) is 1. The molecule has 0 saturated carbocycles. The van der Waals surface area contributed by atoms with Gasteiger partial charge in [-0.3, -0.25) is 0 Å². The number of hydrogen-bond donors (Lipinski definition) is 1. The molecule has 1 fully saturated rings. The van der Waals surface area contributed by atoms with Crippen molar-refractivity contribution in [2.24, 2.45) is 11.0 Å². The van der Waals surface area contributed by atoms with Gasteiger partial charge in [0.05, 0.1) is 18.9 Å². The second-order valence-electron chi connectivity index (χ2n) is 5.88. The first-order valence-corrected chi connectivity index (χ1v) is 8.07. The van der Waals surface area contributed by atoms with Crippen LogP contribution in [-0.4, -0.2) is 36.4 Å². The molecule has 2 heterocycles. The summed E-state index contributed by atoms with van der Waals surface area (Å²) >= 11 is 0. The number of amides is 1. The summed E-state index contributed by atoms with van der Waals surface area (Å²) in [6.07, 6.45) is 2.82. The molecule has 0 atom stereocenters. The zero-order valence-electron chi connectivity index (χ0n) is 13.0. The molecule has 2 aliphatic heterocycles. The van der Waals surface area contributed by atoms with Crippen molar-refractivity contribution in [2.75, 3.05) is 19.7 Å². The molecule has 0 spiro atoms. The molecule has 1 aromatic carbocycles. The van der Waals surface area contributed by atoms with Crippen molar-refractivity contribution < 1.29 is 9.53 Å². The molecule has 2 aliphatic rings. The first-order valence-electron chi connectivity index (χ1n) is 8.07. The van der Waals surface area contributed by atoms with Crippen molar-refractivity contribution >= 4 is 11.8 Å². The number of piperidine rings is 1. The Bertz CT molecular complexity index is 563. The fraction of sp³-hybridized carbons (Fsp3) is 0.529. The van der Waals surface area contributed by atoms with E-state index in [-0.39, 0.29) is 6.09 Å². The first kappa shape index (κ1) is 14.9. The highest BCUT2D eigenvalue weighted by atomic mass is 16.6. The van der Waals surface area contributed by atoms with Gasteiger partial charge in [-0.2, -0.15) is 5.10 Å². The van der Waals surface area contributed by atoms with E-state index in [0.29, 0.717) is 12.5 Å². The summed E-state index contributed by atoms with van der Waals surface area (Å²) in [4.78, 5) is 13.5. The van der Waals surface area contributed by atoms with Crippen LogP contribution in [0.5, 0.6) is 0 Å². The van der Waals surface area contributed by atoms with E-state index < -0.39 is 0 Å². The Morgan fingerprint density at radius 2 is 2.14 bits per heavy atom. The molecule has 0 aliphatic carbocycles. The lowest BCUT2D eigenvalue weighted by molar-refractivity contribution is 0.0924. The maximum atomic E-state index is 11.7. The highest BCUT2D eigenvalue weighted by Crippen LogP contribution is 2.25. The van der Waals surface area contributed by atoms with Crippen LogP contribution >= 0.6 is 0 Å². The number of carbonyl (C=O) groups excluding carboxylic acids is 1. The molecule has 1 aromatic rings. The molecule has 0 bridgehead atoms. The Balaban J connectivity index is 1.57. The van der Waals surface area contributed by atoms with Gasteiger partial charge in [-0.1, -0.05) is 24.3 Å². The minimum absolute atomic E-state index is 0.178. The van der Waals surface area contributed by atoms with Crippen LogP contribution in [0.15, 0.2) is 29.4 Å². The Morgan fingerprint density at radius 3 is 2.91 bits per heavy atom. The molecule has 22 heavy (non-hydrogen) atoms. The quantitative estimate of drug-likeness (QED) is 0.934. The smallest absolute Gasteiger partial charge is 0.409 e. The van der Waals surface area contributed by atoms with Crippen LogP contribution in [0.1, 0.15) is 37.3 Å². The third-order valence-electron chi connectivity index (χ3n) is 4.43. The normalized spacial score (nSPS) is 18.2. The number of likely N-dealkylation sites (tertiary alicyclic amines) is 1. The largest absolute Gasteiger partial charge is 0.450 e. The summed E-state index contributed by atoms with van der Waals surface area (Å²) < 4.78 is 5.07. The van der Waals surface area contributed by atoms with Gasteiger partial charge in [0.2, 0.25) is 0 Å². The molecular formula is C17H23N3O2. The third-order valence-corrected chi connectivity index (χ3v) is 4.43. The van der Waals surface area contributed by atoms with Crippen LogP contribution in [0, 0.1) is 5.92 Å². The molecule has 3 rings (SSSR count). The SMILES string of the molecule is CCOC(=O)N1CCC(CC2=NNCc3ccccc32)CC1. The van der Waals surface area contributed by atoms with Crippen LogP contribution in [0.2, 0.25) is 0 Å². The molecule has 0 unspecified atom stereocenters. The zero-order chi connectivity index (χ0) is 15.4. The van der Waals surface area contributed by atoms with E-state index in [1.54, 1.807) is 0 Å². The number of hydrogen-bond acceptors (Lipinski definition) is 4. The average Bonchev–Trinajstić information content (AvgIpc) is 2.56. The molecule has 0 aromatic heterocycles. The topological polar surface area (TPSA) is 53.9 Å². The van der Waals surface area contributed by atoms with Crippen LogP contribution in [-0.2, 0) is 11.3 Å². The van der Waals surface area contributed by atoms with E-state index in [1.165, 1.54) is 11.1 Å². The molecule has 0 radical (unpaired) electrons. The first-order chi connectivity index (χ1) is 10.8. The van der Waals surface area contributed by atoms with Crippen LogP contribution < -0.4 is 5.43 Å². The van der Waals surface area contributed by atoms with Gasteiger partial charge in [-0.25, -0.2) is 4.79 Å². The molecule has 5 heteroatoms. The predicted molar refractivity (Wildman–Crippen MR) is 85.8 cm³/mol. The molecule has 1 amide bonds. The van der Waals surface area contributed by atoms with Gasteiger partial charge in [0.15, 0.2) is 0 Å². The van der Waals surface area contributed by atoms with Crippen LogP contribution in [0.25, 0.3) is 0 Å². The predicted octanol–water partition coefficient (Wildman–Crippen LogP) is 2.75. The number of rotatable bonds is 3. The number of fused-ring (bicyclic) bond motifs is 1. The standard InChI is InChI=1S/C17H23N3O2/c1-2-22-17(21)20-9-7-13(8-10-20)11-16-15-6-4-3-5-14(15)12-18-19-16/h3-6,13,18H,2,7-12H2,1H3. The Morgan fingerprint density at radius 1 is 1.36 bits per heavy atom. The van der Waals surface area contributed by atoms with E-state index in [1.807, 2.05) is 11.8 Å². The van der Waals surface area contributed by atoms with E-state index in [4.69, 9.17) is 4.74 Å². The highest BCUT2D eigenvalue weighted by molar-refractivity contribution is 6.02. The van der Waals surface area contributed by atoms with Gasteiger partial charge in [-0.15, -0.1) is 0 Å². The lowest BCUT2D eigenvalue weighted by Crippen LogP contribution is -2.39. The highest BCUT2D eigenvalue weighted by Gasteiger charge is 2.26. The third kappa shape index (κ3) is 3.24. The van der Waals surface area contributed by atoms with Crippen molar-refractivity contribution in [2.45, 2.75) is 32.7 Å². The van der Waals surface area contributed by atoms with Gasteiger partial charge >= 0.3 is 6.09 Å². The minimum Gasteiger partial charge on any atom is -0.450 e. The monoisotopic (exact) mass is 301 g/mol. The molecule has 1 N–H and O–H groups in total. The molecule has 5 nitrogen and oxygen atoms in total. The Kier molecular flexibility index (Phi) is 4.61. The van der Waals surface area contributed by atoms with Crippen LogP contribution in [0.4, 0.5) is 4.79 Å². The Hall–Kier alpha value is -2.04. The van der Waals surface area contributed by atoms with Crippen molar-refractivity contribution in [3.05, 3.63) is 35.4 Å². The second kappa shape index (κ2) is 6.81. The number of benzene rings is 1. The van der Waals surface area contributed by atoms with E-state index in [9.17, 15) is 4.79 Å². The average molecular weight is 301 g/mol. The molecule has 118 valence electrons. The van der Waals surface area contributed by atoms with Gasteiger partial charge < -0.3 is 15.1 Å². The summed E-state index contributed by atoms with van der Waals surface area (Å²) in [5, 5.41) is 4.51. The van der Waals surface area contributed by atoms with Crippen molar-refractivity contribution in [1.29, 1.82) is 0 Å². The summed E-state index contributed by atoms with van der Waals surface area (Å²) in [5.74, 6) is 0.581. The van der Waals surface area contributed by atoms with Gasteiger partial charge in [0.25, 0.3) is 0 Å². The zero-order valence-corrected chi connectivity index (χ0v) is 13.0. The van der Waals surface area contributed by atoms with Crippen molar-refractivity contribution in [1.82, 2.24) is 10.3 Å².